The van der Waals surface area contributed by atoms with Crippen LogP contribution in [0.1, 0.15) is 26.8 Å². The van der Waals surface area contributed by atoms with Crippen LogP contribution in [-0.4, -0.2) is 15.7 Å². The average Bonchev–Trinajstić information content (AvgIpc) is 2.64. The first kappa shape index (κ1) is 11.2. The standard InChI is InChI=1S/C10H14N4O/c1-7(2)14-9(4-5-12-14)13-10(15)8(3)6-11/h4-5,7-8H,1-3H3,(H,13,15). The number of nitrogens with one attached hydrogen (secondary N) is 1. The van der Waals surface area contributed by atoms with Crippen molar-refractivity contribution in [2.75, 3.05) is 5.32 Å². The molecule has 0 saturated heterocycles. The van der Waals surface area contributed by atoms with Crippen LogP contribution in [0.2, 0.25) is 0 Å². The Hall–Kier alpha value is -1.83. The molecule has 80 valence electrons. The van der Waals surface area contributed by atoms with E-state index in [1.165, 1.54) is 0 Å². The van der Waals surface area contributed by atoms with Crippen molar-refractivity contribution in [2.45, 2.75) is 26.8 Å². The summed E-state index contributed by atoms with van der Waals surface area (Å²) in [4.78, 5) is 11.4. The molecular formula is C10H14N4O. The Morgan fingerprint density at radius 3 is 2.80 bits per heavy atom. The smallest absolute Gasteiger partial charge is 0.242 e. The number of hydrogen-bond donors (Lipinski definition) is 1. The van der Waals surface area contributed by atoms with Gasteiger partial charge in [0.05, 0.1) is 12.3 Å². The molecule has 15 heavy (non-hydrogen) atoms. The summed E-state index contributed by atoms with van der Waals surface area (Å²) in [7, 11) is 0. The summed E-state index contributed by atoms with van der Waals surface area (Å²) in [5.41, 5.74) is 0. The van der Waals surface area contributed by atoms with Gasteiger partial charge in [0.15, 0.2) is 0 Å². The van der Waals surface area contributed by atoms with Gasteiger partial charge in [-0.2, -0.15) is 10.4 Å². The van der Waals surface area contributed by atoms with Crippen LogP contribution in [0.3, 0.4) is 0 Å². The summed E-state index contributed by atoms with van der Waals surface area (Å²) in [6.45, 7) is 5.50. The van der Waals surface area contributed by atoms with Crippen LogP contribution in [0, 0.1) is 17.2 Å². The van der Waals surface area contributed by atoms with Crippen molar-refractivity contribution in [3.8, 4) is 6.07 Å². The molecule has 5 nitrogen and oxygen atoms in total. The number of rotatable bonds is 3. The Balaban J connectivity index is 2.78. The maximum atomic E-state index is 11.4. The van der Waals surface area contributed by atoms with Gasteiger partial charge in [-0.1, -0.05) is 0 Å². The summed E-state index contributed by atoms with van der Waals surface area (Å²) in [5.74, 6) is -0.336. The highest BCUT2D eigenvalue weighted by Crippen LogP contribution is 2.13. The van der Waals surface area contributed by atoms with E-state index < -0.39 is 5.92 Å². The summed E-state index contributed by atoms with van der Waals surface area (Å²) in [6, 6.07) is 3.77. The number of anilines is 1. The zero-order valence-electron chi connectivity index (χ0n) is 9.06. The normalized spacial score (nSPS) is 12.2. The molecule has 0 bridgehead atoms. The lowest BCUT2D eigenvalue weighted by Gasteiger charge is -2.12. The summed E-state index contributed by atoms with van der Waals surface area (Å²) in [6.07, 6.45) is 1.62. The molecule has 1 aromatic heterocycles. The monoisotopic (exact) mass is 206 g/mol. The highest BCUT2D eigenvalue weighted by molar-refractivity contribution is 5.93. The summed E-state index contributed by atoms with van der Waals surface area (Å²) >= 11 is 0. The fraction of sp³-hybridized carbons (Fsp3) is 0.500. The largest absolute Gasteiger partial charge is 0.310 e. The van der Waals surface area contributed by atoms with Gasteiger partial charge in [-0.3, -0.25) is 4.79 Å². The van der Waals surface area contributed by atoms with Crippen molar-refractivity contribution in [3.05, 3.63) is 12.3 Å². The molecule has 1 N–H and O–H groups in total. The van der Waals surface area contributed by atoms with Gasteiger partial charge in [-0.25, -0.2) is 4.68 Å². The molecule has 0 aliphatic heterocycles. The quantitative estimate of drug-likeness (QED) is 0.815. The Morgan fingerprint density at radius 1 is 1.60 bits per heavy atom. The third kappa shape index (κ3) is 2.56. The minimum atomic E-state index is -0.652. The Kier molecular flexibility index (Phi) is 3.45. The summed E-state index contributed by atoms with van der Waals surface area (Å²) in [5, 5.41) is 15.3. The highest BCUT2D eigenvalue weighted by Gasteiger charge is 2.14. The minimum absolute atomic E-state index is 0.174. The van der Waals surface area contributed by atoms with Crippen molar-refractivity contribution in [1.29, 1.82) is 5.26 Å². The third-order valence-electron chi connectivity index (χ3n) is 2.00. The van der Waals surface area contributed by atoms with Crippen LogP contribution in [0.5, 0.6) is 0 Å². The van der Waals surface area contributed by atoms with Gasteiger partial charge in [0.25, 0.3) is 0 Å². The SMILES string of the molecule is CC(C#N)C(=O)Nc1ccnn1C(C)C. The van der Waals surface area contributed by atoms with Gasteiger partial charge in [0, 0.05) is 12.1 Å². The second kappa shape index (κ2) is 4.60. The number of nitriles is 1. The topological polar surface area (TPSA) is 70.7 Å². The molecule has 0 spiro atoms. The molecule has 1 amide bonds. The summed E-state index contributed by atoms with van der Waals surface area (Å²) < 4.78 is 1.70. The molecule has 1 heterocycles. The Bertz CT molecular complexity index is 388. The van der Waals surface area contributed by atoms with E-state index in [1.807, 2.05) is 19.9 Å². The van der Waals surface area contributed by atoms with E-state index in [0.717, 1.165) is 0 Å². The molecule has 0 fully saturated rings. The molecule has 0 saturated carbocycles. The molecular weight excluding hydrogens is 192 g/mol. The van der Waals surface area contributed by atoms with Gasteiger partial charge in [0.2, 0.25) is 5.91 Å². The first-order chi connectivity index (χ1) is 7.06. The first-order valence-electron chi connectivity index (χ1n) is 4.80. The second-order valence-electron chi connectivity index (χ2n) is 3.59. The zero-order chi connectivity index (χ0) is 11.4. The van der Waals surface area contributed by atoms with E-state index in [0.29, 0.717) is 5.82 Å². The van der Waals surface area contributed by atoms with E-state index in [-0.39, 0.29) is 11.9 Å². The van der Waals surface area contributed by atoms with E-state index in [2.05, 4.69) is 10.4 Å². The number of carbonyl (C=O) groups excluding carboxylic acids is 1. The predicted octanol–water partition coefficient (Wildman–Crippen LogP) is 1.56. The number of aromatic nitrogens is 2. The molecule has 0 radical (unpaired) electrons. The minimum Gasteiger partial charge on any atom is -0.310 e. The van der Waals surface area contributed by atoms with E-state index in [4.69, 9.17) is 5.26 Å². The Labute approximate surface area is 88.7 Å². The zero-order valence-corrected chi connectivity index (χ0v) is 9.06. The molecule has 5 heteroatoms. The van der Waals surface area contributed by atoms with Gasteiger partial charge in [-0.15, -0.1) is 0 Å². The van der Waals surface area contributed by atoms with Crippen LogP contribution in [0.4, 0.5) is 5.82 Å². The van der Waals surface area contributed by atoms with Gasteiger partial charge >= 0.3 is 0 Å². The fourth-order valence-electron chi connectivity index (χ4n) is 1.12. The van der Waals surface area contributed by atoms with E-state index >= 15 is 0 Å². The van der Waals surface area contributed by atoms with Crippen molar-refractivity contribution in [3.63, 3.8) is 0 Å². The number of carbonyl (C=O) groups is 1. The first-order valence-corrected chi connectivity index (χ1v) is 4.80. The maximum Gasteiger partial charge on any atom is 0.242 e. The fourth-order valence-corrected chi connectivity index (χ4v) is 1.12. The molecule has 1 atom stereocenters. The number of nitrogens with zero attached hydrogens (tertiary/aromatic N) is 3. The molecule has 0 aromatic carbocycles. The number of amides is 1. The predicted molar refractivity (Wildman–Crippen MR) is 56.0 cm³/mol. The second-order valence-corrected chi connectivity index (χ2v) is 3.59. The van der Waals surface area contributed by atoms with Crippen molar-refractivity contribution in [2.24, 2.45) is 5.92 Å². The lowest BCUT2D eigenvalue weighted by molar-refractivity contribution is -0.118. The van der Waals surface area contributed by atoms with Crippen LogP contribution in [0.25, 0.3) is 0 Å². The van der Waals surface area contributed by atoms with Crippen LogP contribution >= 0.6 is 0 Å². The van der Waals surface area contributed by atoms with Gasteiger partial charge < -0.3 is 5.32 Å². The molecule has 1 aromatic rings. The molecule has 0 aliphatic rings. The van der Waals surface area contributed by atoms with Gasteiger partial charge in [0.1, 0.15) is 11.7 Å². The lowest BCUT2D eigenvalue weighted by Crippen LogP contribution is -2.21. The molecule has 1 rings (SSSR count). The Morgan fingerprint density at radius 2 is 2.27 bits per heavy atom. The van der Waals surface area contributed by atoms with Crippen molar-refractivity contribution < 1.29 is 4.79 Å². The molecule has 0 aliphatic carbocycles. The van der Waals surface area contributed by atoms with E-state index in [9.17, 15) is 4.79 Å². The van der Waals surface area contributed by atoms with Crippen LogP contribution in [0.15, 0.2) is 12.3 Å². The average molecular weight is 206 g/mol. The van der Waals surface area contributed by atoms with Gasteiger partial charge in [-0.05, 0) is 20.8 Å². The maximum absolute atomic E-state index is 11.4. The van der Waals surface area contributed by atoms with Crippen molar-refractivity contribution >= 4 is 11.7 Å². The molecule has 1 unspecified atom stereocenters. The third-order valence-corrected chi connectivity index (χ3v) is 2.00. The van der Waals surface area contributed by atoms with Crippen LogP contribution < -0.4 is 5.32 Å². The lowest BCUT2D eigenvalue weighted by atomic mass is 10.2. The highest BCUT2D eigenvalue weighted by atomic mass is 16.1. The van der Waals surface area contributed by atoms with Crippen LogP contribution in [-0.2, 0) is 4.79 Å². The van der Waals surface area contributed by atoms with Crippen molar-refractivity contribution in [1.82, 2.24) is 9.78 Å². The van der Waals surface area contributed by atoms with E-state index in [1.54, 1.807) is 23.9 Å². The number of hydrogen-bond acceptors (Lipinski definition) is 3.